The number of benzene rings is 2. The van der Waals surface area contributed by atoms with Crippen LogP contribution >= 0.6 is 0 Å². The molecule has 2 nitrogen and oxygen atoms in total. The Labute approximate surface area is 171 Å². The van der Waals surface area contributed by atoms with Crippen LogP contribution in [0.4, 0.5) is 26.3 Å². The average Bonchev–Trinajstić information content (AvgIpc) is 3.24. The fourth-order valence-corrected chi connectivity index (χ4v) is 4.25. The highest BCUT2D eigenvalue weighted by Crippen LogP contribution is 2.66. The van der Waals surface area contributed by atoms with Crippen molar-refractivity contribution >= 4 is 33.1 Å². The fourth-order valence-electron chi connectivity index (χ4n) is 4.25. The largest absolute Gasteiger partial charge is 0.461 e. The van der Waals surface area contributed by atoms with Crippen molar-refractivity contribution < 1.29 is 35.2 Å². The highest BCUT2D eigenvalue weighted by molar-refractivity contribution is 6.08. The molecule has 4 aromatic rings. The first-order valence-electron chi connectivity index (χ1n) is 9.36. The fraction of sp³-hybridized carbons (Fsp3) is 0.217. The Bertz CT molecular complexity index is 1390. The number of allylic oxidation sites excluding steroid dienone is 2. The Hall–Kier alpha value is -3.16. The van der Waals surface area contributed by atoms with E-state index in [1.54, 1.807) is 24.3 Å². The van der Waals surface area contributed by atoms with Crippen LogP contribution in [0.2, 0.25) is 0 Å². The van der Waals surface area contributed by atoms with Gasteiger partial charge in [0, 0.05) is 21.9 Å². The Morgan fingerprint density at radius 1 is 0.645 bits per heavy atom. The SMILES string of the molecule is Cc1oc2ccccc2c1C1=C(c2oc3ccccc3c2C)C(F)(F)C(F)(F)C1(F)F. The Morgan fingerprint density at radius 2 is 1.16 bits per heavy atom. The van der Waals surface area contributed by atoms with E-state index in [0.717, 1.165) is 0 Å². The summed E-state index contributed by atoms with van der Waals surface area (Å²) in [6, 6.07) is 12.0. The molecule has 0 radical (unpaired) electrons. The monoisotopic (exact) mass is 436 g/mol. The molecule has 160 valence electrons. The van der Waals surface area contributed by atoms with Crippen molar-refractivity contribution in [2.45, 2.75) is 31.6 Å². The lowest BCUT2D eigenvalue weighted by Crippen LogP contribution is -2.48. The van der Waals surface area contributed by atoms with Crippen LogP contribution in [0.5, 0.6) is 0 Å². The normalized spacial score (nSPS) is 19.6. The van der Waals surface area contributed by atoms with Crippen molar-refractivity contribution in [2.75, 3.05) is 0 Å². The molecule has 0 fully saturated rings. The number of hydrogen-bond donors (Lipinski definition) is 0. The van der Waals surface area contributed by atoms with Crippen molar-refractivity contribution in [3.05, 3.63) is 71.2 Å². The maximum atomic E-state index is 15.1. The van der Waals surface area contributed by atoms with Crippen LogP contribution in [0.25, 0.3) is 33.1 Å². The van der Waals surface area contributed by atoms with E-state index < -0.39 is 40.2 Å². The van der Waals surface area contributed by atoms with Gasteiger partial charge in [0.15, 0.2) is 0 Å². The van der Waals surface area contributed by atoms with Gasteiger partial charge in [0.1, 0.15) is 22.7 Å². The summed E-state index contributed by atoms with van der Waals surface area (Å²) < 4.78 is 100. The number of furan rings is 2. The summed E-state index contributed by atoms with van der Waals surface area (Å²) in [6.45, 7) is 2.65. The van der Waals surface area contributed by atoms with E-state index in [9.17, 15) is 8.78 Å². The van der Waals surface area contributed by atoms with E-state index in [2.05, 4.69) is 0 Å². The van der Waals surface area contributed by atoms with E-state index in [0.29, 0.717) is 5.39 Å². The molecule has 0 N–H and O–H groups in total. The van der Waals surface area contributed by atoms with Gasteiger partial charge in [0.05, 0.1) is 11.1 Å². The number of hydrogen-bond acceptors (Lipinski definition) is 2. The molecule has 2 aromatic carbocycles. The van der Waals surface area contributed by atoms with Gasteiger partial charge in [-0.15, -0.1) is 0 Å². The number of rotatable bonds is 2. The summed E-state index contributed by atoms with van der Waals surface area (Å²) in [5.41, 5.74) is -3.16. The molecule has 0 unspecified atom stereocenters. The maximum absolute atomic E-state index is 15.1. The third-order valence-electron chi connectivity index (χ3n) is 5.76. The highest BCUT2D eigenvalue weighted by Gasteiger charge is 2.81. The molecule has 31 heavy (non-hydrogen) atoms. The minimum Gasteiger partial charge on any atom is -0.461 e. The topological polar surface area (TPSA) is 26.3 Å². The molecular formula is C23H14F6O2. The molecule has 1 aliphatic rings. The molecule has 0 bridgehead atoms. The van der Waals surface area contributed by atoms with Crippen LogP contribution in [0, 0.1) is 13.8 Å². The van der Waals surface area contributed by atoms with Gasteiger partial charge in [-0.2, -0.15) is 26.3 Å². The zero-order valence-corrected chi connectivity index (χ0v) is 16.2. The minimum absolute atomic E-state index is 0.0365. The van der Waals surface area contributed by atoms with Crippen molar-refractivity contribution in [2.24, 2.45) is 0 Å². The van der Waals surface area contributed by atoms with Crippen LogP contribution in [0.15, 0.2) is 57.4 Å². The zero-order chi connectivity index (χ0) is 22.3. The molecule has 8 heteroatoms. The van der Waals surface area contributed by atoms with Gasteiger partial charge < -0.3 is 8.83 Å². The standard InChI is InChI=1S/C23H14F6O2/c1-11-13-7-3-5-9-15(13)31-20(11)19-18(21(24,25)23(28,29)22(19,26)27)17-12(2)30-16-10-6-4-8-14(16)17/h3-10H,1-2H3. The quantitative estimate of drug-likeness (QED) is 0.302. The molecule has 5 rings (SSSR count). The second-order valence-corrected chi connectivity index (χ2v) is 7.55. The second-order valence-electron chi connectivity index (χ2n) is 7.55. The lowest BCUT2D eigenvalue weighted by Gasteiger charge is -2.25. The highest BCUT2D eigenvalue weighted by atomic mass is 19.3. The van der Waals surface area contributed by atoms with E-state index in [1.807, 2.05) is 0 Å². The van der Waals surface area contributed by atoms with Crippen LogP contribution < -0.4 is 0 Å². The molecule has 0 aliphatic heterocycles. The van der Waals surface area contributed by atoms with Gasteiger partial charge >= 0.3 is 17.8 Å². The molecular weight excluding hydrogens is 422 g/mol. The first-order valence-corrected chi connectivity index (χ1v) is 9.36. The smallest absolute Gasteiger partial charge is 0.380 e. The average molecular weight is 436 g/mol. The summed E-state index contributed by atoms with van der Waals surface area (Å²) in [4.78, 5) is 0. The van der Waals surface area contributed by atoms with Crippen LogP contribution in [0.3, 0.4) is 0 Å². The van der Waals surface area contributed by atoms with Gasteiger partial charge in [0.25, 0.3) is 0 Å². The van der Waals surface area contributed by atoms with Gasteiger partial charge in [-0.1, -0.05) is 36.4 Å². The lowest BCUT2D eigenvalue weighted by molar-refractivity contribution is -0.254. The summed E-state index contributed by atoms with van der Waals surface area (Å²) in [6.07, 6.45) is 0. The predicted octanol–water partition coefficient (Wildman–Crippen LogP) is 7.63. The number of alkyl halides is 6. The Kier molecular flexibility index (Phi) is 3.80. The van der Waals surface area contributed by atoms with E-state index in [-0.39, 0.29) is 27.9 Å². The van der Waals surface area contributed by atoms with Gasteiger partial charge in [-0.05, 0) is 26.0 Å². The lowest BCUT2D eigenvalue weighted by atomic mass is 9.94. The van der Waals surface area contributed by atoms with Gasteiger partial charge in [-0.3, -0.25) is 0 Å². The second kappa shape index (κ2) is 5.96. The summed E-state index contributed by atoms with van der Waals surface area (Å²) >= 11 is 0. The van der Waals surface area contributed by atoms with Crippen LogP contribution in [0.1, 0.15) is 22.6 Å². The summed E-state index contributed by atoms with van der Waals surface area (Å²) in [5.74, 6) is -16.9. The third-order valence-corrected chi connectivity index (χ3v) is 5.76. The first kappa shape index (κ1) is 19.8. The molecule has 2 aromatic heterocycles. The number of para-hydroxylation sites is 2. The van der Waals surface area contributed by atoms with E-state index in [4.69, 9.17) is 8.83 Å². The van der Waals surface area contributed by atoms with Gasteiger partial charge in [-0.25, -0.2) is 0 Å². The summed E-state index contributed by atoms with van der Waals surface area (Å²) in [5, 5.41) is 0.405. The minimum atomic E-state index is -5.67. The summed E-state index contributed by atoms with van der Waals surface area (Å²) in [7, 11) is 0. The molecule has 2 heterocycles. The van der Waals surface area contributed by atoms with E-state index >= 15 is 17.6 Å². The third kappa shape index (κ3) is 2.30. The Morgan fingerprint density at radius 3 is 1.77 bits per heavy atom. The van der Waals surface area contributed by atoms with Crippen molar-refractivity contribution in [1.29, 1.82) is 0 Å². The molecule has 0 saturated carbocycles. The van der Waals surface area contributed by atoms with Crippen LogP contribution in [-0.4, -0.2) is 17.8 Å². The maximum Gasteiger partial charge on any atom is 0.380 e. The molecule has 0 saturated heterocycles. The van der Waals surface area contributed by atoms with Crippen molar-refractivity contribution in [1.82, 2.24) is 0 Å². The molecule has 0 atom stereocenters. The van der Waals surface area contributed by atoms with E-state index in [1.165, 1.54) is 38.1 Å². The van der Waals surface area contributed by atoms with Crippen molar-refractivity contribution in [3.63, 3.8) is 0 Å². The zero-order valence-electron chi connectivity index (χ0n) is 16.2. The number of halogens is 6. The van der Waals surface area contributed by atoms with Gasteiger partial charge in [0.2, 0.25) is 0 Å². The predicted molar refractivity (Wildman–Crippen MR) is 104 cm³/mol. The Balaban J connectivity index is 1.97. The number of aryl methyl sites for hydroxylation is 2. The first-order chi connectivity index (χ1) is 14.5. The van der Waals surface area contributed by atoms with Crippen LogP contribution in [-0.2, 0) is 0 Å². The molecule has 1 aliphatic carbocycles. The van der Waals surface area contributed by atoms with Crippen molar-refractivity contribution in [3.8, 4) is 0 Å². The molecule has 0 spiro atoms. The molecule has 0 amide bonds. The number of fused-ring (bicyclic) bond motifs is 2.